The van der Waals surface area contributed by atoms with E-state index < -0.39 is 0 Å². The molecule has 0 radical (unpaired) electrons. The number of halogens is 1. The van der Waals surface area contributed by atoms with E-state index >= 15 is 0 Å². The van der Waals surface area contributed by atoms with E-state index in [1.54, 1.807) is 18.2 Å². The fourth-order valence-electron chi connectivity index (χ4n) is 1.91. The lowest BCUT2D eigenvalue weighted by molar-refractivity contribution is 0.373. The monoisotopic (exact) mass is 399 g/mol. The summed E-state index contributed by atoms with van der Waals surface area (Å²) in [6, 6.07) is 5.00. The van der Waals surface area contributed by atoms with Crippen molar-refractivity contribution in [1.82, 2.24) is 9.97 Å². The van der Waals surface area contributed by atoms with Crippen molar-refractivity contribution in [2.24, 2.45) is 0 Å². The Bertz CT molecular complexity index is 681. The number of hydrogen-bond acceptors (Lipinski definition) is 5. The largest absolute Gasteiger partial charge is 0.504 e. The zero-order valence-electron chi connectivity index (χ0n) is 12.4. The van der Waals surface area contributed by atoms with Gasteiger partial charge in [0.15, 0.2) is 17.3 Å². The molecule has 112 valence electrons. The van der Waals surface area contributed by atoms with E-state index in [1.807, 2.05) is 0 Å². The van der Waals surface area contributed by atoms with Gasteiger partial charge in [0, 0.05) is 11.0 Å². The van der Waals surface area contributed by atoms with Crippen LogP contribution in [0.2, 0.25) is 0 Å². The Morgan fingerprint density at radius 1 is 1.24 bits per heavy atom. The van der Waals surface area contributed by atoms with Gasteiger partial charge in [-0.05, 0) is 40.8 Å². The lowest BCUT2D eigenvalue weighted by Crippen LogP contribution is -2.18. The van der Waals surface area contributed by atoms with Crippen LogP contribution in [0.5, 0.6) is 11.5 Å². The molecule has 5 nitrogen and oxygen atoms in total. The Morgan fingerprint density at radius 3 is 2.48 bits per heavy atom. The highest BCUT2D eigenvalue weighted by molar-refractivity contribution is 14.1. The van der Waals surface area contributed by atoms with E-state index in [0.29, 0.717) is 17.4 Å². The molecule has 0 saturated carbocycles. The predicted octanol–water partition coefficient (Wildman–Crippen LogP) is 3.34. The molecule has 0 atom stereocenters. The number of phenols is 1. The number of hydrogen-bond donors (Lipinski definition) is 2. The number of nitrogen functional groups attached to an aromatic ring is 1. The van der Waals surface area contributed by atoms with Gasteiger partial charge in [0.05, 0.1) is 16.4 Å². The molecular formula is C15H18IN3O2. The summed E-state index contributed by atoms with van der Waals surface area (Å²) in [4.78, 5) is 8.99. The quantitative estimate of drug-likeness (QED) is 0.758. The van der Waals surface area contributed by atoms with Crippen LogP contribution in [-0.2, 0) is 5.41 Å². The minimum Gasteiger partial charge on any atom is -0.504 e. The highest BCUT2D eigenvalue weighted by Gasteiger charge is 2.23. The Balaban J connectivity index is 2.62. The number of aromatic nitrogens is 2. The van der Waals surface area contributed by atoms with Gasteiger partial charge in [0.25, 0.3) is 0 Å². The molecule has 0 amide bonds. The fraction of sp³-hybridized carbons (Fsp3) is 0.333. The van der Waals surface area contributed by atoms with Gasteiger partial charge in [0.2, 0.25) is 0 Å². The Labute approximate surface area is 137 Å². The van der Waals surface area contributed by atoms with Crippen molar-refractivity contribution in [3.63, 3.8) is 0 Å². The molecular weight excluding hydrogens is 381 g/mol. The normalized spacial score (nSPS) is 11.5. The Kier molecular flexibility index (Phi) is 4.27. The SMILES string of the molecule is COc1cc(-c2nc(N)c(I)c(C(C)(C)C)n2)ccc1O. The first-order chi connectivity index (χ1) is 9.74. The Hall–Kier alpha value is -1.57. The summed E-state index contributed by atoms with van der Waals surface area (Å²) in [7, 11) is 1.50. The van der Waals surface area contributed by atoms with Gasteiger partial charge in [-0.1, -0.05) is 20.8 Å². The third kappa shape index (κ3) is 3.20. The molecule has 0 aliphatic carbocycles. The van der Waals surface area contributed by atoms with Crippen LogP contribution in [-0.4, -0.2) is 22.2 Å². The van der Waals surface area contributed by atoms with Gasteiger partial charge in [-0.15, -0.1) is 0 Å². The Morgan fingerprint density at radius 2 is 1.90 bits per heavy atom. The van der Waals surface area contributed by atoms with E-state index in [0.717, 1.165) is 14.8 Å². The smallest absolute Gasteiger partial charge is 0.161 e. The van der Waals surface area contributed by atoms with E-state index in [-0.39, 0.29) is 11.2 Å². The van der Waals surface area contributed by atoms with Gasteiger partial charge in [0.1, 0.15) is 5.82 Å². The van der Waals surface area contributed by atoms with Crippen molar-refractivity contribution in [3.05, 3.63) is 27.5 Å². The molecule has 2 aromatic rings. The van der Waals surface area contributed by atoms with Crippen molar-refractivity contribution >= 4 is 28.4 Å². The molecule has 2 rings (SSSR count). The minimum absolute atomic E-state index is 0.0794. The van der Waals surface area contributed by atoms with Crippen LogP contribution < -0.4 is 10.5 Å². The number of nitrogens with zero attached hydrogens (tertiary/aromatic N) is 2. The van der Waals surface area contributed by atoms with Gasteiger partial charge < -0.3 is 15.6 Å². The molecule has 0 spiro atoms. The first-order valence-electron chi connectivity index (χ1n) is 6.45. The highest BCUT2D eigenvalue weighted by Crippen LogP contribution is 2.33. The van der Waals surface area contributed by atoms with E-state index in [4.69, 9.17) is 10.5 Å². The summed E-state index contributed by atoms with van der Waals surface area (Å²) in [5.41, 5.74) is 7.53. The maximum atomic E-state index is 9.67. The third-order valence-corrected chi connectivity index (χ3v) is 4.09. The molecule has 1 aromatic carbocycles. The number of methoxy groups -OCH3 is 1. The van der Waals surface area contributed by atoms with Gasteiger partial charge >= 0.3 is 0 Å². The van der Waals surface area contributed by atoms with Gasteiger partial charge in [-0.3, -0.25) is 0 Å². The average molecular weight is 399 g/mol. The molecule has 21 heavy (non-hydrogen) atoms. The number of benzene rings is 1. The summed E-state index contributed by atoms with van der Waals surface area (Å²) in [6.07, 6.45) is 0. The summed E-state index contributed by atoms with van der Waals surface area (Å²) < 4.78 is 5.99. The molecule has 1 aromatic heterocycles. The average Bonchev–Trinajstić information content (AvgIpc) is 2.41. The lowest BCUT2D eigenvalue weighted by Gasteiger charge is -2.21. The second kappa shape index (κ2) is 5.67. The highest BCUT2D eigenvalue weighted by atomic mass is 127. The second-order valence-corrected chi connectivity index (χ2v) is 6.81. The summed E-state index contributed by atoms with van der Waals surface area (Å²) in [5.74, 6) is 1.44. The lowest BCUT2D eigenvalue weighted by atomic mass is 9.92. The number of aromatic hydroxyl groups is 1. The molecule has 0 aliphatic heterocycles. The predicted molar refractivity (Wildman–Crippen MR) is 91.5 cm³/mol. The van der Waals surface area contributed by atoms with Crippen LogP contribution in [0, 0.1) is 3.57 Å². The van der Waals surface area contributed by atoms with Crippen LogP contribution in [0.4, 0.5) is 5.82 Å². The molecule has 0 fully saturated rings. The zero-order valence-corrected chi connectivity index (χ0v) is 14.6. The van der Waals surface area contributed by atoms with Crippen molar-refractivity contribution < 1.29 is 9.84 Å². The molecule has 0 saturated heterocycles. The minimum atomic E-state index is -0.136. The maximum Gasteiger partial charge on any atom is 0.161 e. The van der Waals surface area contributed by atoms with Crippen molar-refractivity contribution in [1.29, 1.82) is 0 Å². The van der Waals surface area contributed by atoms with E-state index in [1.165, 1.54) is 7.11 Å². The third-order valence-electron chi connectivity index (χ3n) is 3.03. The molecule has 3 N–H and O–H groups in total. The number of nitrogens with two attached hydrogens (primary N) is 1. The van der Waals surface area contributed by atoms with Crippen LogP contribution in [0.1, 0.15) is 26.5 Å². The van der Waals surface area contributed by atoms with E-state index in [2.05, 4.69) is 53.3 Å². The van der Waals surface area contributed by atoms with Crippen LogP contribution in [0.3, 0.4) is 0 Å². The topological polar surface area (TPSA) is 81.3 Å². The van der Waals surface area contributed by atoms with Crippen LogP contribution in [0.25, 0.3) is 11.4 Å². The number of anilines is 1. The van der Waals surface area contributed by atoms with Gasteiger partial charge in [-0.2, -0.15) is 0 Å². The first kappa shape index (κ1) is 15.8. The number of ether oxygens (including phenoxy) is 1. The standard InChI is InChI=1S/C15H18IN3O2/c1-15(2,3)12-11(16)13(17)19-14(18-12)8-5-6-9(20)10(7-8)21-4/h5-7,20H,1-4H3,(H2,17,18,19). The van der Waals surface area contributed by atoms with Crippen LogP contribution in [0.15, 0.2) is 18.2 Å². The van der Waals surface area contributed by atoms with E-state index in [9.17, 15) is 5.11 Å². The van der Waals surface area contributed by atoms with Crippen molar-refractivity contribution in [2.75, 3.05) is 12.8 Å². The summed E-state index contributed by atoms with van der Waals surface area (Å²) >= 11 is 2.17. The first-order valence-corrected chi connectivity index (χ1v) is 7.52. The van der Waals surface area contributed by atoms with Crippen molar-refractivity contribution in [2.45, 2.75) is 26.2 Å². The maximum absolute atomic E-state index is 9.67. The summed E-state index contributed by atoms with van der Waals surface area (Å²) in [6.45, 7) is 6.24. The molecule has 0 unspecified atom stereocenters. The van der Waals surface area contributed by atoms with Crippen LogP contribution >= 0.6 is 22.6 Å². The number of phenolic OH excluding ortho intramolecular Hbond substituents is 1. The summed E-state index contributed by atoms with van der Waals surface area (Å²) in [5, 5.41) is 9.67. The fourth-order valence-corrected chi connectivity index (χ4v) is 2.96. The molecule has 0 aliphatic rings. The van der Waals surface area contributed by atoms with Gasteiger partial charge in [-0.25, -0.2) is 9.97 Å². The molecule has 0 bridgehead atoms. The number of rotatable bonds is 2. The molecule has 1 heterocycles. The zero-order chi connectivity index (χ0) is 15.8. The second-order valence-electron chi connectivity index (χ2n) is 5.73. The molecule has 6 heteroatoms. The van der Waals surface area contributed by atoms with Crippen molar-refractivity contribution in [3.8, 4) is 22.9 Å².